The highest BCUT2D eigenvalue weighted by Gasteiger charge is 2.26. The van der Waals surface area contributed by atoms with E-state index in [1.165, 1.54) is 24.5 Å². The molecule has 0 aliphatic rings. The van der Waals surface area contributed by atoms with Crippen LogP contribution in [-0.4, -0.2) is 27.1 Å². The SMILES string of the molecule is O=C(Nc1onc(-c2ccncc2)c1C(=O)O)c1ccc(F)cc1F. The molecule has 2 heterocycles. The topological polar surface area (TPSA) is 105 Å². The first kappa shape index (κ1) is 16.2. The van der Waals surface area contributed by atoms with E-state index in [4.69, 9.17) is 4.52 Å². The second-order valence-electron chi connectivity index (χ2n) is 4.85. The maximum Gasteiger partial charge on any atom is 0.343 e. The van der Waals surface area contributed by atoms with E-state index >= 15 is 0 Å². The van der Waals surface area contributed by atoms with Crippen LogP contribution in [0.15, 0.2) is 47.2 Å². The fourth-order valence-corrected chi connectivity index (χ4v) is 2.12. The smallest absolute Gasteiger partial charge is 0.343 e. The highest BCUT2D eigenvalue weighted by atomic mass is 19.1. The molecule has 25 heavy (non-hydrogen) atoms. The Morgan fingerprint density at radius 1 is 1.12 bits per heavy atom. The van der Waals surface area contributed by atoms with Gasteiger partial charge in [0.1, 0.15) is 17.3 Å². The Balaban J connectivity index is 1.97. The number of benzene rings is 1. The van der Waals surface area contributed by atoms with Gasteiger partial charge in [-0.05, 0) is 24.3 Å². The number of rotatable bonds is 4. The first-order valence-corrected chi connectivity index (χ1v) is 6.87. The normalized spacial score (nSPS) is 10.5. The molecule has 126 valence electrons. The van der Waals surface area contributed by atoms with Crippen molar-refractivity contribution in [2.45, 2.75) is 0 Å². The molecule has 1 aromatic carbocycles. The Kier molecular flexibility index (Phi) is 4.21. The van der Waals surface area contributed by atoms with Crippen LogP contribution in [0.1, 0.15) is 20.7 Å². The molecular weight excluding hydrogens is 336 g/mol. The fraction of sp³-hybridized carbons (Fsp3) is 0. The number of halogens is 2. The summed E-state index contributed by atoms with van der Waals surface area (Å²) in [4.78, 5) is 27.4. The molecule has 0 spiro atoms. The number of carbonyl (C=O) groups is 2. The summed E-state index contributed by atoms with van der Waals surface area (Å²) in [5.41, 5.74) is -0.490. The average Bonchev–Trinajstić information content (AvgIpc) is 2.99. The van der Waals surface area contributed by atoms with E-state index < -0.39 is 40.5 Å². The van der Waals surface area contributed by atoms with Gasteiger partial charge in [0, 0.05) is 24.0 Å². The van der Waals surface area contributed by atoms with Crippen LogP contribution in [-0.2, 0) is 0 Å². The van der Waals surface area contributed by atoms with Crippen molar-refractivity contribution in [3.05, 3.63) is 65.5 Å². The van der Waals surface area contributed by atoms with E-state index in [9.17, 15) is 23.5 Å². The van der Waals surface area contributed by atoms with Crippen LogP contribution in [0.5, 0.6) is 0 Å². The average molecular weight is 345 g/mol. The molecule has 0 atom stereocenters. The first-order chi connectivity index (χ1) is 12.0. The maximum atomic E-state index is 13.7. The maximum absolute atomic E-state index is 13.7. The van der Waals surface area contributed by atoms with Gasteiger partial charge >= 0.3 is 5.97 Å². The molecule has 0 saturated heterocycles. The molecule has 0 saturated carbocycles. The summed E-state index contributed by atoms with van der Waals surface area (Å²) in [6.45, 7) is 0. The van der Waals surface area contributed by atoms with Crippen LogP contribution in [0.4, 0.5) is 14.7 Å². The third-order valence-corrected chi connectivity index (χ3v) is 3.26. The molecule has 9 heteroatoms. The third kappa shape index (κ3) is 3.20. The highest BCUT2D eigenvalue weighted by Crippen LogP contribution is 2.29. The lowest BCUT2D eigenvalue weighted by atomic mass is 10.1. The van der Waals surface area contributed by atoms with Gasteiger partial charge in [0.05, 0.1) is 5.56 Å². The number of hydrogen-bond acceptors (Lipinski definition) is 5. The van der Waals surface area contributed by atoms with Gasteiger partial charge in [0.25, 0.3) is 5.91 Å². The first-order valence-electron chi connectivity index (χ1n) is 6.87. The van der Waals surface area contributed by atoms with Gasteiger partial charge in [0.2, 0.25) is 5.88 Å². The number of amides is 1. The van der Waals surface area contributed by atoms with Crippen molar-refractivity contribution in [1.29, 1.82) is 0 Å². The Morgan fingerprint density at radius 3 is 2.48 bits per heavy atom. The number of hydrogen-bond donors (Lipinski definition) is 2. The molecule has 7 nitrogen and oxygen atoms in total. The van der Waals surface area contributed by atoms with Gasteiger partial charge in [-0.3, -0.25) is 15.1 Å². The lowest BCUT2D eigenvalue weighted by Gasteiger charge is -2.04. The largest absolute Gasteiger partial charge is 0.477 e. The second-order valence-corrected chi connectivity index (χ2v) is 4.85. The Bertz CT molecular complexity index is 957. The highest BCUT2D eigenvalue weighted by molar-refractivity contribution is 6.08. The van der Waals surface area contributed by atoms with Crippen molar-refractivity contribution in [2.24, 2.45) is 0 Å². The van der Waals surface area contributed by atoms with Crippen LogP contribution in [0.2, 0.25) is 0 Å². The molecule has 1 amide bonds. The van der Waals surface area contributed by atoms with Crippen LogP contribution in [0, 0.1) is 11.6 Å². The van der Waals surface area contributed by atoms with Gasteiger partial charge in [-0.2, -0.15) is 0 Å². The predicted octanol–water partition coefficient (Wildman–Crippen LogP) is 2.97. The summed E-state index contributed by atoms with van der Waals surface area (Å²) in [6.07, 6.45) is 2.86. The summed E-state index contributed by atoms with van der Waals surface area (Å²) in [5.74, 6) is -4.81. The van der Waals surface area contributed by atoms with Crippen LogP contribution >= 0.6 is 0 Å². The summed E-state index contributed by atoms with van der Waals surface area (Å²) >= 11 is 0. The zero-order chi connectivity index (χ0) is 18.0. The second kappa shape index (κ2) is 6.48. The fourth-order valence-electron chi connectivity index (χ4n) is 2.12. The van der Waals surface area contributed by atoms with E-state index in [0.717, 1.165) is 12.1 Å². The van der Waals surface area contributed by atoms with Crippen LogP contribution in [0.25, 0.3) is 11.3 Å². The van der Waals surface area contributed by atoms with Crippen LogP contribution in [0.3, 0.4) is 0 Å². The number of pyridine rings is 1. The number of carboxylic acid groups (broad SMARTS) is 1. The minimum Gasteiger partial charge on any atom is -0.477 e. The van der Waals surface area contributed by atoms with E-state index in [1.54, 1.807) is 0 Å². The molecule has 0 fully saturated rings. The number of aromatic nitrogens is 2. The van der Waals surface area contributed by atoms with Crippen molar-refractivity contribution < 1.29 is 28.0 Å². The van der Waals surface area contributed by atoms with Gasteiger partial charge < -0.3 is 9.63 Å². The zero-order valence-corrected chi connectivity index (χ0v) is 12.4. The van der Waals surface area contributed by atoms with E-state index in [1.807, 2.05) is 0 Å². The van der Waals surface area contributed by atoms with E-state index in [-0.39, 0.29) is 5.69 Å². The van der Waals surface area contributed by atoms with Crippen molar-refractivity contribution >= 4 is 17.8 Å². The molecule has 0 bridgehead atoms. The molecule has 0 radical (unpaired) electrons. The number of anilines is 1. The molecule has 0 aliphatic heterocycles. The lowest BCUT2D eigenvalue weighted by molar-refractivity contribution is 0.0698. The molecule has 2 N–H and O–H groups in total. The molecule has 3 rings (SSSR count). The number of aromatic carboxylic acids is 1. The zero-order valence-electron chi connectivity index (χ0n) is 12.4. The number of nitrogens with one attached hydrogen (secondary N) is 1. The summed E-state index contributed by atoms with van der Waals surface area (Å²) in [7, 11) is 0. The van der Waals surface area contributed by atoms with Gasteiger partial charge in [-0.15, -0.1) is 0 Å². The summed E-state index contributed by atoms with van der Waals surface area (Å²) in [5, 5.41) is 15.2. The molecule has 2 aromatic heterocycles. The van der Waals surface area contributed by atoms with Crippen molar-refractivity contribution in [3.8, 4) is 11.3 Å². The minimum absolute atomic E-state index is 0.0234. The Hall–Kier alpha value is -3.62. The third-order valence-electron chi connectivity index (χ3n) is 3.26. The Labute approximate surface area is 138 Å². The van der Waals surface area contributed by atoms with Gasteiger partial charge in [0.15, 0.2) is 5.56 Å². The van der Waals surface area contributed by atoms with Crippen molar-refractivity contribution in [3.63, 3.8) is 0 Å². The van der Waals surface area contributed by atoms with Gasteiger partial charge in [-0.25, -0.2) is 13.6 Å². The lowest BCUT2D eigenvalue weighted by Crippen LogP contribution is -2.15. The van der Waals surface area contributed by atoms with E-state index in [0.29, 0.717) is 11.6 Å². The minimum atomic E-state index is -1.40. The quantitative estimate of drug-likeness (QED) is 0.753. The standard InChI is InChI=1S/C16H9F2N3O4/c17-9-1-2-10(11(18)7-9)14(22)20-15-12(16(23)24)13(21-25-15)8-3-5-19-6-4-8/h1-7H,(H,20,22)(H,23,24). The number of carbonyl (C=O) groups excluding carboxylic acids is 1. The van der Waals surface area contributed by atoms with Gasteiger partial charge in [-0.1, -0.05) is 5.16 Å². The van der Waals surface area contributed by atoms with Crippen molar-refractivity contribution in [1.82, 2.24) is 10.1 Å². The van der Waals surface area contributed by atoms with Crippen molar-refractivity contribution in [2.75, 3.05) is 5.32 Å². The molecule has 0 unspecified atom stereocenters. The predicted molar refractivity (Wildman–Crippen MR) is 81.0 cm³/mol. The molecule has 0 aliphatic carbocycles. The summed E-state index contributed by atoms with van der Waals surface area (Å²) in [6, 6.07) is 5.39. The Morgan fingerprint density at radius 2 is 1.84 bits per heavy atom. The monoisotopic (exact) mass is 345 g/mol. The number of carboxylic acids is 1. The van der Waals surface area contributed by atoms with Crippen LogP contribution < -0.4 is 5.32 Å². The number of nitrogens with zero attached hydrogens (tertiary/aromatic N) is 2. The summed E-state index contributed by atoms with van der Waals surface area (Å²) < 4.78 is 31.5. The molecular formula is C16H9F2N3O4. The van der Waals surface area contributed by atoms with E-state index in [2.05, 4.69) is 15.5 Å². The molecule has 3 aromatic rings.